The highest BCUT2D eigenvalue weighted by Crippen LogP contribution is 2.23. The number of hydrogen-bond donors (Lipinski definition) is 2. The fourth-order valence-electron chi connectivity index (χ4n) is 2.82. The Kier molecular flexibility index (Phi) is 4.15. The van der Waals surface area contributed by atoms with Crippen LogP contribution in [0.4, 0.5) is 10.7 Å². The van der Waals surface area contributed by atoms with Crippen LogP contribution in [0.2, 0.25) is 0 Å². The van der Waals surface area contributed by atoms with Gasteiger partial charge >= 0.3 is 6.09 Å². The zero-order valence-corrected chi connectivity index (χ0v) is 13.9. The second-order valence-corrected chi connectivity index (χ2v) is 7.06. The van der Waals surface area contributed by atoms with E-state index in [4.69, 9.17) is 4.74 Å². The fraction of sp³-hybridized carbons (Fsp3) is 0.529. The van der Waals surface area contributed by atoms with Crippen LogP contribution in [0.25, 0.3) is 11.0 Å². The minimum absolute atomic E-state index is 0.348. The molecule has 6 nitrogen and oxygen atoms in total. The summed E-state index contributed by atoms with van der Waals surface area (Å²) < 4.78 is 5.27. The summed E-state index contributed by atoms with van der Waals surface area (Å²) in [5.74, 6) is 1.32. The summed E-state index contributed by atoms with van der Waals surface area (Å²) in [7, 11) is 0. The minimum atomic E-state index is -0.458. The number of carbonyl (C=O) groups is 1. The molecule has 3 rings (SSSR count). The SMILES string of the molecule is CC(C)(C)OC(=O)NC[C@@H]1CCN(c2nc3ccccc3[nH]2)C1. The predicted molar refractivity (Wildman–Crippen MR) is 90.7 cm³/mol. The standard InChI is InChI=1S/C17H24N4O2/c1-17(2,3)23-16(22)18-10-12-8-9-21(11-12)15-19-13-6-4-5-7-14(13)20-15/h4-7,12H,8-11H2,1-3H3,(H,18,22)(H,19,20)/t12-/m0/s1. The van der Waals surface area contributed by atoms with Crippen LogP contribution < -0.4 is 10.2 Å². The largest absolute Gasteiger partial charge is 0.444 e. The van der Waals surface area contributed by atoms with Gasteiger partial charge in [0.2, 0.25) is 5.95 Å². The monoisotopic (exact) mass is 316 g/mol. The molecule has 6 heteroatoms. The molecule has 2 aromatic rings. The number of aromatic nitrogens is 2. The number of benzene rings is 1. The number of imidazole rings is 1. The van der Waals surface area contributed by atoms with Gasteiger partial charge in [-0.2, -0.15) is 0 Å². The molecular formula is C17H24N4O2. The second kappa shape index (κ2) is 6.10. The van der Waals surface area contributed by atoms with Crippen molar-refractivity contribution in [2.24, 2.45) is 5.92 Å². The van der Waals surface area contributed by atoms with Gasteiger partial charge in [0.15, 0.2) is 0 Å². The van der Waals surface area contributed by atoms with Gasteiger partial charge in [0.25, 0.3) is 0 Å². The number of alkyl carbamates (subject to hydrolysis) is 1. The molecule has 1 aliphatic heterocycles. The third kappa shape index (κ3) is 3.94. The Hall–Kier alpha value is -2.24. The highest BCUT2D eigenvalue weighted by atomic mass is 16.6. The van der Waals surface area contributed by atoms with Crippen LogP contribution in [0.5, 0.6) is 0 Å². The molecule has 1 aliphatic rings. The van der Waals surface area contributed by atoms with Crippen LogP contribution >= 0.6 is 0 Å². The maximum absolute atomic E-state index is 11.7. The molecule has 1 saturated heterocycles. The molecule has 0 aliphatic carbocycles. The molecule has 0 saturated carbocycles. The Morgan fingerprint density at radius 1 is 1.43 bits per heavy atom. The van der Waals surface area contributed by atoms with E-state index in [-0.39, 0.29) is 6.09 Å². The summed E-state index contributed by atoms with van der Waals surface area (Å²) in [4.78, 5) is 21.9. The number of ether oxygens (including phenoxy) is 1. The number of carbonyl (C=O) groups excluding carboxylic acids is 1. The maximum atomic E-state index is 11.7. The average molecular weight is 316 g/mol. The molecule has 0 radical (unpaired) electrons. The zero-order chi connectivity index (χ0) is 16.4. The number of amides is 1. The lowest BCUT2D eigenvalue weighted by atomic mass is 10.1. The number of aromatic amines is 1. The number of hydrogen-bond acceptors (Lipinski definition) is 4. The van der Waals surface area contributed by atoms with Crippen molar-refractivity contribution in [1.29, 1.82) is 0 Å². The minimum Gasteiger partial charge on any atom is -0.444 e. The lowest BCUT2D eigenvalue weighted by molar-refractivity contribution is 0.0520. The molecule has 0 spiro atoms. The Morgan fingerprint density at radius 3 is 2.96 bits per heavy atom. The van der Waals surface area contributed by atoms with Crippen molar-refractivity contribution in [2.45, 2.75) is 32.8 Å². The van der Waals surface area contributed by atoms with Crippen molar-refractivity contribution >= 4 is 23.1 Å². The van der Waals surface area contributed by atoms with E-state index >= 15 is 0 Å². The molecule has 2 N–H and O–H groups in total. The van der Waals surface area contributed by atoms with Crippen LogP contribution in [-0.4, -0.2) is 41.3 Å². The van der Waals surface area contributed by atoms with Crippen molar-refractivity contribution in [1.82, 2.24) is 15.3 Å². The second-order valence-electron chi connectivity index (χ2n) is 7.06. The van der Waals surface area contributed by atoms with E-state index in [0.717, 1.165) is 36.5 Å². The average Bonchev–Trinajstić information content (AvgIpc) is 3.09. The third-order valence-electron chi connectivity index (χ3n) is 3.90. The first-order chi connectivity index (χ1) is 10.9. The van der Waals surface area contributed by atoms with Crippen molar-refractivity contribution in [3.8, 4) is 0 Å². The highest BCUT2D eigenvalue weighted by Gasteiger charge is 2.25. The molecule has 2 heterocycles. The third-order valence-corrected chi connectivity index (χ3v) is 3.90. The summed E-state index contributed by atoms with van der Waals surface area (Å²) in [5.41, 5.74) is 1.58. The van der Waals surface area contributed by atoms with Gasteiger partial charge in [-0.3, -0.25) is 0 Å². The Balaban J connectivity index is 1.53. The van der Waals surface area contributed by atoms with Gasteiger partial charge in [-0.15, -0.1) is 0 Å². The summed E-state index contributed by atoms with van der Waals surface area (Å²) in [6.07, 6.45) is 0.687. The van der Waals surface area contributed by atoms with E-state index in [1.807, 2.05) is 45.0 Å². The smallest absolute Gasteiger partial charge is 0.407 e. The van der Waals surface area contributed by atoms with Gasteiger partial charge in [-0.1, -0.05) is 12.1 Å². The summed E-state index contributed by atoms with van der Waals surface area (Å²) in [6.45, 7) is 8.06. The molecule has 1 atom stereocenters. The maximum Gasteiger partial charge on any atom is 0.407 e. The summed E-state index contributed by atoms with van der Waals surface area (Å²) in [6, 6.07) is 8.03. The van der Waals surface area contributed by atoms with Gasteiger partial charge in [-0.25, -0.2) is 9.78 Å². The van der Waals surface area contributed by atoms with Crippen LogP contribution in [0, 0.1) is 5.92 Å². The van der Waals surface area contributed by atoms with Gasteiger partial charge in [0.1, 0.15) is 5.60 Å². The molecule has 0 bridgehead atoms. The van der Waals surface area contributed by atoms with Crippen molar-refractivity contribution < 1.29 is 9.53 Å². The first kappa shape index (κ1) is 15.6. The van der Waals surface area contributed by atoms with Gasteiger partial charge in [0.05, 0.1) is 11.0 Å². The van der Waals surface area contributed by atoms with Crippen LogP contribution in [0.3, 0.4) is 0 Å². The van der Waals surface area contributed by atoms with Gasteiger partial charge in [-0.05, 0) is 45.2 Å². The number of anilines is 1. The van der Waals surface area contributed by atoms with Crippen LogP contribution in [-0.2, 0) is 4.74 Å². The van der Waals surface area contributed by atoms with E-state index in [1.165, 1.54) is 0 Å². The fourth-order valence-corrected chi connectivity index (χ4v) is 2.82. The normalized spacial score (nSPS) is 18.4. The summed E-state index contributed by atoms with van der Waals surface area (Å²) in [5, 5.41) is 2.86. The first-order valence-electron chi connectivity index (χ1n) is 8.07. The van der Waals surface area contributed by atoms with Crippen LogP contribution in [0.15, 0.2) is 24.3 Å². The number of para-hydroxylation sites is 2. The summed E-state index contributed by atoms with van der Waals surface area (Å²) >= 11 is 0. The number of fused-ring (bicyclic) bond motifs is 1. The molecule has 1 amide bonds. The van der Waals surface area contributed by atoms with E-state index in [9.17, 15) is 4.79 Å². The predicted octanol–water partition coefficient (Wildman–Crippen LogP) is 2.91. The Labute approximate surface area is 136 Å². The van der Waals surface area contributed by atoms with E-state index in [0.29, 0.717) is 12.5 Å². The van der Waals surface area contributed by atoms with E-state index in [1.54, 1.807) is 0 Å². The highest BCUT2D eigenvalue weighted by molar-refractivity contribution is 5.77. The lowest BCUT2D eigenvalue weighted by Gasteiger charge is -2.20. The number of H-pyrrole nitrogens is 1. The Bertz CT molecular complexity index is 656. The van der Waals surface area contributed by atoms with Crippen LogP contribution in [0.1, 0.15) is 27.2 Å². The van der Waals surface area contributed by atoms with Crippen molar-refractivity contribution in [3.05, 3.63) is 24.3 Å². The number of nitrogens with one attached hydrogen (secondary N) is 2. The molecule has 1 aromatic heterocycles. The molecule has 1 aromatic carbocycles. The quantitative estimate of drug-likeness (QED) is 0.913. The zero-order valence-electron chi connectivity index (χ0n) is 13.9. The molecule has 1 fully saturated rings. The molecular weight excluding hydrogens is 292 g/mol. The Morgan fingerprint density at radius 2 is 2.22 bits per heavy atom. The van der Waals surface area contributed by atoms with Crippen molar-refractivity contribution in [3.63, 3.8) is 0 Å². The van der Waals surface area contributed by atoms with E-state index in [2.05, 4.69) is 20.2 Å². The van der Waals surface area contributed by atoms with Crippen molar-refractivity contribution in [2.75, 3.05) is 24.5 Å². The number of nitrogens with zero attached hydrogens (tertiary/aromatic N) is 2. The van der Waals surface area contributed by atoms with E-state index < -0.39 is 5.60 Å². The lowest BCUT2D eigenvalue weighted by Crippen LogP contribution is -2.36. The number of rotatable bonds is 3. The first-order valence-corrected chi connectivity index (χ1v) is 8.07. The molecule has 124 valence electrons. The molecule has 0 unspecified atom stereocenters. The van der Waals surface area contributed by atoms with Gasteiger partial charge < -0.3 is 19.9 Å². The molecule has 23 heavy (non-hydrogen) atoms. The topological polar surface area (TPSA) is 70.2 Å². The van der Waals surface area contributed by atoms with Gasteiger partial charge in [0, 0.05) is 19.6 Å².